The number of nitrogens with one attached hydrogen (secondary N) is 1. The summed E-state index contributed by atoms with van der Waals surface area (Å²) >= 11 is 1.23. The van der Waals surface area contributed by atoms with Crippen molar-refractivity contribution in [3.8, 4) is 0 Å². The third-order valence-corrected chi connectivity index (χ3v) is 6.20. The van der Waals surface area contributed by atoms with Crippen molar-refractivity contribution in [2.75, 3.05) is 16.8 Å². The van der Waals surface area contributed by atoms with E-state index in [1.807, 2.05) is 31.2 Å². The number of aryl methyl sites for hydroxylation is 2. The molecule has 2 heterocycles. The molecule has 9 nitrogen and oxygen atoms in total. The number of aromatic nitrogens is 2. The number of rotatable bonds is 5. The van der Waals surface area contributed by atoms with Gasteiger partial charge in [0.05, 0.1) is 4.92 Å². The number of hydrogen-bond donors (Lipinski definition) is 1. The van der Waals surface area contributed by atoms with Crippen LogP contribution in [-0.2, 0) is 4.79 Å². The minimum atomic E-state index is -0.489. The van der Waals surface area contributed by atoms with Crippen LogP contribution in [0.2, 0.25) is 0 Å². The van der Waals surface area contributed by atoms with E-state index >= 15 is 0 Å². The van der Waals surface area contributed by atoms with E-state index in [0.29, 0.717) is 34.2 Å². The van der Waals surface area contributed by atoms with Gasteiger partial charge in [-0.25, -0.2) is 0 Å². The molecule has 0 bridgehead atoms. The van der Waals surface area contributed by atoms with E-state index in [0.717, 1.165) is 11.3 Å². The molecule has 0 saturated carbocycles. The van der Waals surface area contributed by atoms with Crippen molar-refractivity contribution in [3.63, 3.8) is 0 Å². The summed E-state index contributed by atoms with van der Waals surface area (Å²) in [5.41, 5.74) is 2.57. The predicted octanol–water partition coefficient (Wildman–Crippen LogP) is 3.84. The molecule has 1 aliphatic heterocycles. The van der Waals surface area contributed by atoms with Crippen LogP contribution < -0.4 is 10.2 Å². The Labute approximate surface area is 181 Å². The van der Waals surface area contributed by atoms with E-state index in [1.165, 1.54) is 29.5 Å². The largest absolute Gasteiger partial charge is 0.311 e. The average molecular weight is 437 g/mol. The van der Waals surface area contributed by atoms with Crippen molar-refractivity contribution in [1.29, 1.82) is 0 Å². The van der Waals surface area contributed by atoms with Crippen LogP contribution in [0.15, 0.2) is 42.5 Å². The molecule has 2 amide bonds. The van der Waals surface area contributed by atoms with Gasteiger partial charge in [0.2, 0.25) is 11.0 Å². The van der Waals surface area contributed by atoms with Crippen molar-refractivity contribution in [3.05, 3.63) is 74.3 Å². The fourth-order valence-corrected chi connectivity index (χ4v) is 4.42. The second kappa shape index (κ2) is 8.23. The highest BCUT2D eigenvalue weighted by atomic mass is 32.1. The first kappa shape index (κ1) is 20.6. The molecule has 1 N–H and O–H groups in total. The van der Waals surface area contributed by atoms with Gasteiger partial charge in [-0.1, -0.05) is 29.5 Å². The van der Waals surface area contributed by atoms with Gasteiger partial charge in [-0.2, -0.15) is 0 Å². The molecule has 1 unspecified atom stereocenters. The molecule has 10 heteroatoms. The van der Waals surface area contributed by atoms with Crippen molar-refractivity contribution in [2.24, 2.45) is 0 Å². The topological polar surface area (TPSA) is 118 Å². The van der Waals surface area contributed by atoms with Crippen molar-refractivity contribution in [1.82, 2.24) is 10.2 Å². The highest BCUT2D eigenvalue weighted by Crippen LogP contribution is 2.35. The molecule has 2 aromatic carbocycles. The Morgan fingerprint density at radius 2 is 1.97 bits per heavy atom. The molecule has 158 valence electrons. The third kappa shape index (κ3) is 4.15. The minimum absolute atomic E-state index is 0.0291. The monoisotopic (exact) mass is 437 g/mol. The Morgan fingerprint density at radius 1 is 1.19 bits per heavy atom. The molecule has 1 saturated heterocycles. The van der Waals surface area contributed by atoms with Gasteiger partial charge in [0.15, 0.2) is 0 Å². The number of carbonyl (C=O) groups excluding carboxylic acids is 2. The minimum Gasteiger partial charge on any atom is -0.311 e. The average Bonchev–Trinajstić information content (AvgIpc) is 3.34. The molecule has 1 aliphatic rings. The smallest absolute Gasteiger partial charge is 0.272 e. The van der Waals surface area contributed by atoms with Crippen molar-refractivity contribution >= 4 is 39.7 Å². The Hall–Kier alpha value is -3.66. The maximum absolute atomic E-state index is 12.6. The van der Waals surface area contributed by atoms with Crippen LogP contribution in [0.25, 0.3) is 0 Å². The number of carbonyl (C=O) groups is 2. The lowest BCUT2D eigenvalue weighted by Gasteiger charge is -2.18. The first-order valence-corrected chi connectivity index (χ1v) is 10.4. The van der Waals surface area contributed by atoms with Crippen LogP contribution in [0, 0.1) is 24.0 Å². The van der Waals surface area contributed by atoms with Gasteiger partial charge in [-0.05, 0) is 37.6 Å². The van der Waals surface area contributed by atoms with Gasteiger partial charge in [-0.15, -0.1) is 10.2 Å². The summed E-state index contributed by atoms with van der Waals surface area (Å²) in [4.78, 5) is 37.3. The standard InChI is InChI=1S/C21H19N5O4S/c1-12-5-3-4-6-16(12)25-11-15(10-18(25)27)20-23-24-21(31-20)22-19(28)14-7-8-17(26(29)30)13(2)9-14/h3-9,15H,10-11H2,1-2H3,(H,22,24,28). The van der Waals surface area contributed by atoms with Gasteiger partial charge in [0.1, 0.15) is 5.01 Å². The van der Waals surface area contributed by atoms with Gasteiger partial charge < -0.3 is 4.90 Å². The molecule has 0 aliphatic carbocycles. The zero-order valence-electron chi connectivity index (χ0n) is 16.9. The van der Waals surface area contributed by atoms with Gasteiger partial charge in [0.25, 0.3) is 11.6 Å². The summed E-state index contributed by atoms with van der Waals surface area (Å²) < 4.78 is 0. The van der Waals surface area contributed by atoms with Crippen molar-refractivity contribution in [2.45, 2.75) is 26.2 Å². The lowest BCUT2D eigenvalue weighted by molar-refractivity contribution is -0.385. The molecule has 0 radical (unpaired) electrons. The van der Waals surface area contributed by atoms with Crippen LogP contribution in [0.5, 0.6) is 0 Å². The molecule has 3 aromatic rings. The first-order valence-electron chi connectivity index (χ1n) is 9.59. The van der Waals surface area contributed by atoms with E-state index in [9.17, 15) is 19.7 Å². The number of para-hydroxylation sites is 1. The predicted molar refractivity (Wildman–Crippen MR) is 117 cm³/mol. The normalized spacial score (nSPS) is 15.9. The van der Waals surface area contributed by atoms with E-state index in [4.69, 9.17) is 0 Å². The zero-order chi connectivity index (χ0) is 22.1. The van der Waals surface area contributed by atoms with E-state index < -0.39 is 10.8 Å². The number of nitro groups is 1. The van der Waals surface area contributed by atoms with Crippen LogP contribution in [0.3, 0.4) is 0 Å². The highest BCUT2D eigenvalue weighted by Gasteiger charge is 2.34. The van der Waals surface area contributed by atoms with E-state index in [2.05, 4.69) is 15.5 Å². The summed E-state index contributed by atoms with van der Waals surface area (Å²) in [6.07, 6.45) is 0.332. The fraction of sp³-hybridized carbons (Fsp3) is 0.238. The number of amides is 2. The number of nitro benzene ring substituents is 1. The Kier molecular flexibility index (Phi) is 5.47. The Bertz CT molecular complexity index is 1190. The number of anilines is 2. The Balaban J connectivity index is 1.46. The molecular weight excluding hydrogens is 418 g/mol. The molecular formula is C21H19N5O4S. The summed E-state index contributed by atoms with van der Waals surface area (Å²) in [5, 5.41) is 22.8. The van der Waals surface area contributed by atoms with Gasteiger partial charge >= 0.3 is 0 Å². The molecule has 0 spiro atoms. The second-order valence-electron chi connectivity index (χ2n) is 7.35. The molecule has 4 rings (SSSR count). The fourth-order valence-electron chi connectivity index (χ4n) is 3.59. The summed E-state index contributed by atoms with van der Waals surface area (Å²) in [5.74, 6) is -0.497. The third-order valence-electron chi connectivity index (χ3n) is 5.20. The SMILES string of the molecule is Cc1ccccc1N1CC(c2nnc(NC(=O)c3ccc([N+](=O)[O-])c(C)c3)s2)CC1=O. The summed E-state index contributed by atoms with van der Waals surface area (Å²) in [6, 6.07) is 11.9. The number of benzene rings is 2. The van der Waals surface area contributed by atoms with Crippen LogP contribution in [-0.4, -0.2) is 33.5 Å². The van der Waals surface area contributed by atoms with Crippen LogP contribution in [0.4, 0.5) is 16.5 Å². The lowest BCUT2D eigenvalue weighted by Crippen LogP contribution is -2.25. The second-order valence-corrected chi connectivity index (χ2v) is 8.36. The maximum atomic E-state index is 12.6. The Morgan fingerprint density at radius 3 is 2.68 bits per heavy atom. The number of nitrogens with zero attached hydrogens (tertiary/aromatic N) is 4. The summed E-state index contributed by atoms with van der Waals surface area (Å²) in [7, 11) is 0. The number of hydrogen-bond acceptors (Lipinski definition) is 7. The lowest BCUT2D eigenvalue weighted by atomic mass is 10.1. The first-order chi connectivity index (χ1) is 14.8. The molecule has 31 heavy (non-hydrogen) atoms. The molecule has 1 fully saturated rings. The van der Waals surface area contributed by atoms with Gasteiger partial charge in [0, 0.05) is 41.8 Å². The van der Waals surface area contributed by atoms with Crippen LogP contribution >= 0.6 is 11.3 Å². The highest BCUT2D eigenvalue weighted by molar-refractivity contribution is 7.15. The quantitative estimate of drug-likeness (QED) is 0.479. The van der Waals surface area contributed by atoms with Crippen LogP contribution in [0.1, 0.15) is 38.8 Å². The molecule has 1 aromatic heterocycles. The van der Waals surface area contributed by atoms with Gasteiger partial charge in [-0.3, -0.25) is 25.0 Å². The van der Waals surface area contributed by atoms with E-state index in [-0.39, 0.29) is 17.5 Å². The van der Waals surface area contributed by atoms with E-state index in [1.54, 1.807) is 11.8 Å². The maximum Gasteiger partial charge on any atom is 0.272 e. The zero-order valence-corrected chi connectivity index (χ0v) is 17.7. The summed E-state index contributed by atoms with van der Waals surface area (Å²) in [6.45, 7) is 4.05. The molecule has 1 atom stereocenters. The van der Waals surface area contributed by atoms with Crippen molar-refractivity contribution < 1.29 is 14.5 Å².